The van der Waals surface area contributed by atoms with Gasteiger partial charge in [0.05, 0.1) is 10.4 Å². The number of nitrogens with one attached hydrogen (secondary N) is 1. The molecule has 1 fully saturated rings. The van der Waals surface area contributed by atoms with E-state index in [4.69, 9.17) is 4.74 Å². The van der Waals surface area contributed by atoms with Crippen LogP contribution in [0.25, 0.3) is 10.9 Å². The molecule has 1 amide bonds. The Balaban J connectivity index is 1.33. The summed E-state index contributed by atoms with van der Waals surface area (Å²) in [5, 5.41) is 3.49. The average Bonchev–Trinajstić information content (AvgIpc) is 2.83. The first-order valence-corrected chi connectivity index (χ1v) is 11.8. The monoisotopic (exact) mass is 453 g/mol. The van der Waals surface area contributed by atoms with E-state index in [-0.39, 0.29) is 10.6 Å². The van der Waals surface area contributed by atoms with Crippen LogP contribution in [-0.2, 0) is 19.6 Å². The number of carbonyl (C=O) groups is 2. The van der Waals surface area contributed by atoms with Crippen molar-refractivity contribution >= 4 is 38.5 Å². The fraction of sp³-hybridized carbons (Fsp3) is 0.261. The van der Waals surface area contributed by atoms with Crippen LogP contribution in [0.3, 0.4) is 0 Å². The van der Waals surface area contributed by atoms with Crippen LogP contribution in [0.4, 0.5) is 5.69 Å². The SMILES string of the molecule is O=C(COC(=O)c1ccc2ccccc2n1)Nc1ccc(S(=O)(=O)N2CCCCC2)cc1. The molecule has 166 valence electrons. The zero-order chi connectivity index (χ0) is 22.6. The van der Waals surface area contributed by atoms with E-state index in [1.165, 1.54) is 28.6 Å². The number of amides is 1. The lowest BCUT2D eigenvalue weighted by molar-refractivity contribution is -0.119. The van der Waals surface area contributed by atoms with Crippen molar-refractivity contribution in [1.29, 1.82) is 0 Å². The molecule has 1 aromatic heterocycles. The topological polar surface area (TPSA) is 106 Å². The van der Waals surface area contributed by atoms with Crippen molar-refractivity contribution in [3.8, 4) is 0 Å². The Bertz CT molecular complexity index is 1240. The number of pyridine rings is 1. The highest BCUT2D eigenvalue weighted by Gasteiger charge is 2.25. The van der Waals surface area contributed by atoms with E-state index < -0.39 is 28.5 Å². The van der Waals surface area contributed by atoms with E-state index in [2.05, 4.69) is 10.3 Å². The van der Waals surface area contributed by atoms with Gasteiger partial charge >= 0.3 is 5.97 Å². The molecule has 0 radical (unpaired) electrons. The first-order chi connectivity index (χ1) is 15.4. The molecule has 0 atom stereocenters. The Hall–Kier alpha value is -3.30. The third-order valence-electron chi connectivity index (χ3n) is 5.23. The first-order valence-electron chi connectivity index (χ1n) is 10.4. The van der Waals surface area contributed by atoms with Crippen LogP contribution in [-0.4, -0.2) is 49.3 Å². The Morgan fingerprint density at radius 1 is 0.938 bits per heavy atom. The van der Waals surface area contributed by atoms with Gasteiger partial charge in [-0.2, -0.15) is 4.31 Å². The summed E-state index contributed by atoms with van der Waals surface area (Å²) in [4.78, 5) is 28.8. The Kier molecular flexibility index (Phi) is 6.48. The van der Waals surface area contributed by atoms with Gasteiger partial charge in [-0.3, -0.25) is 4.79 Å². The highest BCUT2D eigenvalue weighted by molar-refractivity contribution is 7.89. The number of hydrogen-bond donors (Lipinski definition) is 1. The van der Waals surface area contributed by atoms with Gasteiger partial charge in [0, 0.05) is 24.2 Å². The summed E-state index contributed by atoms with van der Waals surface area (Å²) in [6.45, 7) is 0.567. The van der Waals surface area contributed by atoms with Crippen molar-refractivity contribution in [2.24, 2.45) is 0 Å². The van der Waals surface area contributed by atoms with E-state index in [1.54, 1.807) is 18.2 Å². The fourth-order valence-electron chi connectivity index (χ4n) is 3.55. The summed E-state index contributed by atoms with van der Waals surface area (Å²) in [6.07, 6.45) is 2.76. The van der Waals surface area contributed by atoms with Gasteiger partial charge in [-0.05, 0) is 49.2 Å². The summed E-state index contributed by atoms with van der Waals surface area (Å²) in [5.74, 6) is -1.24. The van der Waals surface area contributed by atoms with Crippen LogP contribution in [0, 0.1) is 0 Å². The van der Waals surface area contributed by atoms with Gasteiger partial charge in [-0.15, -0.1) is 0 Å². The number of nitrogens with zero attached hydrogens (tertiary/aromatic N) is 2. The smallest absolute Gasteiger partial charge is 0.357 e. The lowest BCUT2D eigenvalue weighted by Crippen LogP contribution is -2.35. The van der Waals surface area contributed by atoms with Gasteiger partial charge in [-0.1, -0.05) is 30.7 Å². The fourth-order valence-corrected chi connectivity index (χ4v) is 5.06. The van der Waals surface area contributed by atoms with Crippen LogP contribution >= 0.6 is 0 Å². The maximum Gasteiger partial charge on any atom is 0.357 e. The molecule has 32 heavy (non-hydrogen) atoms. The summed E-state index contributed by atoms with van der Waals surface area (Å²) in [5.41, 5.74) is 1.18. The molecule has 1 N–H and O–H groups in total. The second kappa shape index (κ2) is 9.46. The summed E-state index contributed by atoms with van der Waals surface area (Å²) in [6, 6.07) is 16.6. The van der Waals surface area contributed by atoms with Crippen molar-refractivity contribution in [1.82, 2.24) is 9.29 Å². The maximum absolute atomic E-state index is 12.7. The lowest BCUT2D eigenvalue weighted by Gasteiger charge is -2.25. The van der Waals surface area contributed by atoms with Crippen LogP contribution in [0.15, 0.2) is 65.6 Å². The third-order valence-corrected chi connectivity index (χ3v) is 7.15. The minimum Gasteiger partial charge on any atom is -0.451 e. The summed E-state index contributed by atoms with van der Waals surface area (Å²) < 4.78 is 31.9. The van der Waals surface area contributed by atoms with Crippen LogP contribution in [0.2, 0.25) is 0 Å². The number of rotatable bonds is 6. The Labute approximate surface area is 186 Å². The molecule has 8 nitrogen and oxygen atoms in total. The highest BCUT2D eigenvalue weighted by atomic mass is 32.2. The number of hydrogen-bond acceptors (Lipinski definition) is 6. The molecule has 1 saturated heterocycles. The summed E-state index contributed by atoms with van der Waals surface area (Å²) in [7, 11) is -3.53. The number of esters is 1. The van der Waals surface area contributed by atoms with Crippen molar-refractivity contribution in [2.45, 2.75) is 24.2 Å². The van der Waals surface area contributed by atoms with Crippen LogP contribution in [0.5, 0.6) is 0 Å². The Morgan fingerprint density at radius 2 is 1.66 bits per heavy atom. The minimum absolute atomic E-state index is 0.115. The molecule has 0 spiro atoms. The number of aromatic nitrogens is 1. The molecule has 4 rings (SSSR count). The minimum atomic E-state index is -3.53. The van der Waals surface area contributed by atoms with Gasteiger partial charge in [0.25, 0.3) is 5.91 Å². The van der Waals surface area contributed by atoms with Crippen LogP contribution < -0.4 is 5.32 Å². The predicted octanol–water partition coefficient (Wildman–Crippen LogP) is 3.20. The number of sulfonamides is 1. The second-order valence-corrected chi connectivity index (χ2v) is 9.44. The van der Waals surface area contributed by atoms with Crippen molar-refractivity contribution < 1.29 is 22.7 Å². The zero-order valence-corrected chi connectivity index (χ0v) is 18.2. The van der Waals surface area contributed by atoms with Gasteiger partial charge in [-0.25, -0.2) is 18.2 Å². The lowest BCUT2D eigenvalue weighted by atomic mass is 10.2. The quantitative estimate of drug-likeness (QED) is 0.575. The Morgan fingerprint density at radius 3 is 2.41 bits per heavy atom. The second-order valence-electron chi connectivity index (χ2n) is 7.50. The van der Waals surface area contributed by atoms with E-state index in [0.29, 0.717) is 24.3 Å². The van der Waals surface area contributed by atoms with E-state index >= 15 is 0 Å². The molecule has 2 heterocycles. The van der Waals surface area contributed by atoms with E-state index in [1.807, 2.05) is 18.2 Å². The molecule has 0 aliphatic carbocycles. The molecule has 1 aliphatic heterocycles. The molecule has 0 bridgehead atoms. The van der Waals surface area contributed by atoms with E-state index in [0.717, 1.165) is 24.6 Å². The molecule has 3 aromatic rings. The van der Waals surface area contributed by atoms with Crippen molar-refractivity contribution in [2.75, 3.05) is 25.0 Å². The number of piperidine rings is 1. The molecule has 0 saturated carbocycles. The number of carbonyl (C=O) groups excluding carboxylic acids is 2. The van der Waals surface area contributed by atoms with Gasteiger partial charge in [0.15, 0.2) is 6.61 Å². The molecular weight excluding hydrogens is 430 g/mol. The van der Waals surface area contributed by atoms with Gasteiger partial charge in [0.2, 0.25) is 10.0 Å². The molecular formula is C23H23N3O5S. The largest absolute Gasteiger partial charge is 0.451 e. The number of fused-ring (bicyclic) bond motifs is 1. The van der Waals surface area contributed by atoms with Crippen molar-refractivity contribution in [3.63, 3.8) is 0 Å². The predicted molar refractivity (Wildman–Crippen MR) is 120 cm³/mol. The van der Waals surface area contributed by atoms with Gasteiger partial charge < -0.3 is 10.1 Å². The number of benzene rings is 2. The van der Waals surface area contributed by atoms with Crippen molar-refractivity contribution in [3.05, 3.63) is 66.4 Å². The normalized spacial score (nSPS) is 14.8. The molecule has 2 aromatic carbocycles. The third kappa shape index (κ3) is 4.95. The average molecular weight is 454 g/mol. The first kappa shape index (κ1) is 21.9. The highest BCUT2D eigenvalue weighted by Crippen LogP contribution is 2.22. The standard InChI is InChI=1S/C23H23N3O5S/c27-22(16-31-23(28)21-13-8-17-6-2-3-7-20(17)25-21)24-18-9-11-19(12-10-18)32(29,30)26-14-4-1-5-15-26/h2-3,6-13H,1,4-5,14-16H2,(H,24,27). The maximum atomic E-state index is 12.7. The molecule has 9 heteroatoms. The number of anilines is 1. The number of para-hydroxylation sites is 1. The zero-order valence-electron chi connectivity index (χ0n) is 17.4. The molecule has 0 unspecified atom stereocenters. The molecule has 1 aliphatic rings. The van der Waals surface area contributed by atoms with Gasteiger partial charge in [0.1, 0.15) is 5.69 Å². The van der Waals surface area contributed by atoms with Crippen LogP contribution in [0.1, 0.15) is 29.8 Å². The summed E-state index contributed by atoms with van der Waals surface area (Å²) >= 11 is 0. The number of ether oxygens (including phenoxy) is 1. The van der Waals surface area contributed by atoms with E-state index in [9.17, 15) is 18.0 Å².